The van der Waals surface area contributed by atoms with Crippen molar-refractivity contribution >= 4 is 17.5 Å². The number of hydrogen-bond acceptors (Lipinski definition) is 5. The number of nitrogens with zero attached hydrogens (tertiary/aromatic N) is 4. The number of aromatic nitrogens is 3. The minimum Gasteiger partial charge on any atom is -0.497 e. The van der Waals surface area contributed by atoms with E-state index in [-0.39, 0.29) is 11.8 Å². The van der Waals surface area contributed by atoms with Gasteiger partial charge in [-0.1, -0.05) is 6.07 Å². The number of methoxy groups -OCH3 is 1. The smallest absolute Gasteiger partial charge is 0.224 e. The predicted molar refractivity (Wildman–Crippen MR) is 105 cm³/mol. The molecule has 0 bridgehead atoms. The predicted octanol–water partition coefficient (Wildman–Crippen LogP) is 2.33. The Morgan fingerprint density at radius 1 is 1.25 bits per heavy atom. The summed E-state index contributed by atoms with van der Waals surface area (Å²) in [7, 11) is 1.60. The number of rotatable bonds is 8. The SMILES string of the molecule is COc1cccc(NC(=O)CCC2CCN(C(=O)CCn3cncn3)CC2)c1. The average molecular weight is 385 g/mol. The monoisotopic (exact) mass is 385 g/mol. The van der Waals surface area contributed by atoms with Gasteiger partial charge < -0.3 is 15.0 Å². The van der Waals surface area contributed by atoms with E-state index in [2.05, 4.69) is 15.4 Å². The molecule has 28 heavy (non-hydrogen) atoms. The molecule has 0 radical (unpaired) electrons. The first-order valence-electron chi connectivity index (χ1n) is 9.68. The Morgan fingerprint density at radius 3 is 2.79 bits per heavy atom. The summed E-state index contributed by atoms with van der Waals surface area (Å²) in [6, 6.07) is 7.35. The van der Waals surface area contributed by atoms with Crippen molar-refractivity contribution in [3.63, 3.8) is 0 Å². The van der Waals surface area contributed by atoms with E-state index >= 15 is 0 Å². The molecule has 2 amide bonds. The van der Waals surface area contributed by atoms with Crippen LogP contribution in [-0.4, -0.2) is 51.7 Å². The number of carbonyl (C=O) groups is 2. The van der Waals surface area contributed by atoms with Crippen LogP contribution in [0.5, 0.6) is 5.75 Å². The molecule has 0 atom stereocenters. The van der Waals surface area contributed by atoms with Crippen LogP contribution in [0.1, 0.15) is 32.1 Å². The van der Waals surface area contributed by atoms with Crippen LogP contribution < -0.4 is 10.1 Å². The lowest BCUT2D eigenvalue weighted by molar-refractivity contribution is -0.133. The highest BCUT2D eigenvalue weighted by molar-refractivity contribution is 5.90. The fraction of sp³-hybridized carbons (Fsp3) is 0.500. The lowest BCUT2D eigenvalue weighted by atomic mass is 9.92. The lowest BCUT2D eigenvalue weighted by Gasteiger charge is -2.32. The summed E-state index contributed by atoms with van der Waals surface area (Å²) in [6.45, 7) is 2.08. The average Bonchev–Trinajstić information content (AvgIpc) is 3.24. The van der Waals surface area contributed by atoms with Crippen molar-refractivity contribution < 1.29 is 14.3 Å². The van der Waals surface area contributed by atoms with Gasteiger partial charge in [0, 0.05) is 37.7 Å². The molecule has 2 aromatic rings. The molecule has 1 aromatic carbocycles. The number of likely N-dealkylation sites (tertiary alicyclic amines) is 1. The van der Waals surface area contributed by atoms with Gasteiger partial charge in [-0.05, 0) is 37.3 Å². The summed E-state index contributed by atoms with van der Waals surface area (Å²) in [4.78, 5) is 30.3. The number of ether oxygens (including phenoxy) is 1. The molecule has 150 valence electrons. The summed E-state index contributed by atoms with van der Waals surface area (Å²) in [5.41, 5.74) is 0.747. The van der Waals surface area contributed by atoms with Gasteiger partial charge in [0.1, 0.15) is 18.4 Å². The molecular weight excluding hydrogens is 358 g/mol. The van der Waals surface area contributed by atoms with Crippen LogP contribution >= 0.6 is 0 Å². The van der Waals surface area contributed by atoms with E-state index in [1.165, 1.54) is 6.33 Å². The highest BCUT2D eigenvalue weighted by Gasteiger charge is 2.23. The molecule has 3 rings (SSSR count). The van der Waals surface area contributed by atoms with E-state index in [9.17, 15) is 9.59 Å². The summed E-state index contributed by atoms with van der Waals surface area (Å²) in [5, 5.41) is 6.93. The molecule has 0 unspecified atom stereocenters. The van der Waals surface area contributed by atoms with Crippen molar-refractivity contribution in [2.75, 3.05) is 25.5 Å². The number of benzene rings is 1. The number of amides is 2. The number of carbonyl (C=O) groups excluding carboxylic acids is 2. The van der Waals surface area contributed by atoms with Crippen LogP contribution in [-0.2, 0) is 16.1 Å². The van der Waals surface area contributed by atoms with Crippen molar-refractivity contribution in [2.24, 2.45) is 5.92 Å². The van der Waals surface area contributed by atoms with Crippen molar-refractivity contribution in [2.45, 2.75) is 38.6 Å². The Hall–Kier alpha value is -2.90. The number of aryl methyl sites for hydroxylation is 1. The quantitative estimate of drug-likeness (QED) is 0.753. The molecule has 1 N–H and O–H groups in total. The van der Waals surface area contributed by atoms with Gasteiger partial charge in [0.2, 0.25) is 11.8 Å². The Kier molecular flexibility index (Phi) is 7.00. The molecule has 1 aromatic heterocycles. The molecule has 0 spiro atoms. The van der Waals surface area contributed by atoms with Gasteiger partial charge in [0.15, 0.2) is 0 Å². The topological polar surface area (TPSA) is 89.4 Å². The Morgan fingerprint density at radius 2 is 2.07 bits per heavy atom. The van der Waals surface area contributed by atoms with Crippen LogP contribution in [0.2, 0.25) is 0 Å². The van der Waals surface area contributed by atoms with Gasteiger partial charge >= 0.3 is 0 Å². The Balaban J connectivity index is 1.34. The zero-order chi connectivity index (χ0) is 19.8. The maximum absolute atomic E-state index is 12.3. The number of piperidine rings is 1. The molecule has 2 heterocycles. The highest BCUT2D eigenvalue weighted by Crippen LogP contribution is 2.23. The first-order valence-corrected chi connectivity index (χ1v) is 9.68. The largest absolute Gasteiger partial charge is 0.497 e. The normalized spacial score (nSPS) is 14.7. The zero-order valence-electron chi connectivity index (χ0n) is 16.2. The minimum absolute atomic E-state index is 0.0135. The molecule has 1 fully saturated rings. The van der Waals surface area contributed by atoms with Gasteiger partial charge in [-0.3, -0.25) is 14.3 Å². The van der Waals surface area contributed by atoms with E-state index in [0.29, 0.717) is 25.3 Å². The summed E-state index contributed by atoms with van der Waals surface area (Å²) < 4.78 is 6.84. The van der Waals surface area contributed by atoms with Crippen molar-refractivity contribution in [3.8, 4) is 5.75 Å². The number of anilines is 1. The molecular formula is C20H27N5O3. The molecule has 8 heteroatoms. The Labute approximate surface area is 164 Å². The van der Waals surface area contributed by atoms with Crippen LogP contribution in [0.25, 0.3) is 0 Å². The van der Waals surface area contributed by atoms with Gasteiger partial charge in [-0.25, -0.2) is 4.98 Å². The zero-order valence-corrected chi connectivity index (χ0v) is 16.2. The van der Waals surface area contributed by atoms with Gasteiger partial charge in [-0.2, -0.15) is 5.10 Å². The van der Waals surface area contributed by atoms with Crippen LogP contribution in [0.4, 0.5) is 5.69 Å². The second-order valence-electron chi connectivity index (χ2n) is 7.05. The maximum atomic E-state index is 12.3. The standard InChI is InChI=1S/C20H27N5O3/c1-28-18-4-2-3-17(13-18)23-19(26)6-5-16-7-10-24(11-8-16)20(27)9-12-25-15-21-14-22-25/h2-4,13-16H,5-12H2,1H3,(H,23,26). The van der Waals surface area contributed by atoms with E-state index < -0.39 is 0 Å². The first kappa shape index (κ1) is 19.9. The molecule has 1 aliphatic rings. The highest BCUT2D eigenvalue weighted by atomic mass is 16.5. The number of nitrogens with one attached hydrogen (secondary N) is 1. The van der Waals surface area contributed by atoms with Crippen molar-refractivity contribution in [1.29, 1.82) is 0 Å². The molecule has 0 aliphatic carbocycles. The maximum Gasteiger partial charge on any atom is 0.224 e. The second kappa shape index (κ2) is 9.87. The first-order chi connectivity index (χ1) is 13.6. The molecule has 8 nitrogen and oxygen atoms in total. The van der Waals surface area contributed by atoms with Gasteiger partial charge in [0.05, 0.1) is 13.7 Å². The third kappa shape index (κ3) is 5.80. The molecule has 1 aliphatic heterocycles. The lowest BCUT2D eigenvalue weighted by Crippen LogP contribution is -2.39. The fourth-order valence-corrected chi connectivity index (χ4v) is 3.45. The van der Waals surface area contributed by atoms with E-state index in [1.54, 1.807) is 24.2 Å². The van der Waals surface area contributed by atoms with Crippen LogP contribution in [0.15, 0.2) is 36.9 Å². The van der Waals surface area contributed by atoms with Crippen molar-refractivity contribution in [3.05, 3.63) is 36.9 Å². The Bertz CT molecular complexity index is 770. The van der Waals surface area contributed by atoms with E-state index in [1.807, 2.05) is 23.1 Å². The summed E-state index contributed by atoms with van der Waals surface area (Å²) in [6.07, 6.45) is 6.76. The number of hydrogen-bond donors (Lipinski definition) is 1. The minimum atomic E-state index is 0.0135. The molecule has 1 saturated heterocycles. The van der Waals surface area contributed by atoms with Crippen LogP contribution in [0.3, 0.4) is 0 Å². The van der Waals surface area contributed by atoms with Gasteiger partial charge in [0.25, 0.3) is 0 Å². The summed E-state index contributed by atoms with van der Waals surface area (Å²) >= 11 is 0. The van der Waals surface area contributed by atoms with Crippen molar-refractivity contribution in [1.82, 2.24) is 19.7 Å². The van der Waals surface area contributed by atoms with Crippen LogP contribution in [0, 0.1) is 5.92 Å². The van der Waals surface area contributed by atoms with E-state index in [4.69, 9.17) is 4.74 Å². The third-order valence-electron chi connectivity index (χ3n) is 5.12. The fourth-order valence-electron chi connectivity index (χ4n) is 3.45. The summed E-state index contributed by atoms with van der Waals surface area (Å²) in [5.74, 6) is 1.37. The van der Waals surface area contributed by atoms with E-state index in [0.717, 1.165) is 43.8 Å². The molecule has 0 saturated carbocycles. The third-order valence-corrected chi connectivity index (χ3v) is 5.12. The second-order valence-corrected chi connectivity index (χ2v) is 7.05. The van der Waals surface area contributed by atoms with Gasteiger partial charge in [-0.15, -0.1) is 0 Å².